The van der Waals surface area contributed by atoms with Crippen molar-refractivity contribution in [1.29, 1.82) is 0 Å². The number of amidine groups is 1. The molecule has 0 aliphatic carbocycles. The van der Waals surface area contributed by atoms with Gasteiger partial charge in [-0.25, -0.2) is 9.79 Å². The number of fused-ring (bicyclic) bond motifs is 1. The summed E-state index contributed by atoms with van der Waals surface area (Å²) in [5.41, 5.74) is 2.65. The van der Waals surface area contributed by atoms with Crippen molar-refractivity contribution in [2.24, 2.45) is 4.99 Å². The third-order valence-electron chi connectivity index (χ3n) is 5.38. The molecule has 32 heavy (non-hydrogen) atoms. The first-order chi connectivity index (χ1) is 15.3. The van der Waals surface area contributed by atoms with Crippen molar-refractivity contribution >= 4 is 60.7 Å². The SMILES string of the molecule is CCOC(=O)C1=C(C)N=C2SC(C(=O)O)C(c3ccc(Br)cc3)N2C1c1ccc(Br)cc1. The van der Waals surface area contributed by atoms with Gasteiger partial charge in [-0.05, 0) is 49.2 Å². The number of nitrogens with zero attached hydrogens (tertiary/aromatic N) is 2. The molecule has 0 radical (unpaired) electrons. The van der Waals surface area contributed by atoms with Gasteiger partial charge in [0.15, 0.2) is 5.17 Å². The number of carboxylic acids is 1. The Morgan fingerprint density at radius 2 is 1.62 bits per heavy atom. The first-order valence-electron chi connectivity index (χ1n) is 9.97. The molecule has 2 aliphatic heterocycles. The third-order valence-corrected chi connectivity index (χ3v) is 7.66. The molecule has 6 nitrogen and oxygen atoms in total. The monoisotopic (exact) mass is 578 g/mol. The normalized spacial score (nSPS) is 22.4. The van der Waals surface area contributed by atoms with Crippen molar-refractivity contribution in [3.8, 4) is 0 Å². The lowest BCUT2D eigenvalue weighted by Crippen LogP contribution is -2.40. The maximum atomic E-state index is 13.0. The molecule has 0 spiro atoms. The fourth-order valence-corrected chi connectivity index (χ4v) is 5.82. The molecule has 9 heteroatoms. The highest BCUT2D eigenvalue weighted by molar-refractivity contribution is 9.10. The predicted molar refractivity (Wildman–Crippen MR) is 131 cm³/mol. The van der Waals surface area contributed by atoms with Gasteiger partial charge in [-0.15, -0.1) is 0 Å². The highest BCUT2D eigenvalue weighted by atomic mass is 79.9. The van der Waals surface area contributed by atoms with E-state index in [1.807, 2.05) is 53.4 Å². The molecule has 3 atom stereocenters. The molecular weight excluding hydrogens is 560 g/mol. The molecular formula is C23H20Br2N2O4S. The van der Waals surface area contributed by atoms with Crippen molar-refractivity contribution in [3.63, 3.8) is 0 Å². The molecule has 1 N–H and O–H groups in total. The zero-order valence-corrected chi connectivity index (χ0v) is 21.3. The number of aliphatic carboxylic acids is 1. The molecule has 0 bridgehead atoms. The van der Waals surface area contributed by atoms with Crippen LogP contribution in [-0.2, 0) is 14.3 Å². The Kier molecular flexibility index (Phi) is 6.78. The Labute approximate surface area is 207 Å². The zero-order chi connectivity index (χ0) is 23.0. The van der Waals surface area contributed by atoms with Gasteiger partial charge in [-0.1, -0.05) is 67.9 Å². The number of esters is 1. The summed E-state index contributed by atoms with van der Waals surface area (Å²) >= 11 is 8.12. The van der Waals surface area contributed by atoms with Crippen molar-refractivity contribution in [2.45, 2.75) is 31.2 Å². The maximum Gasteiger partial charge on any atom is 0.338 e. The lowest BCUT2D eigenvalue weighted by molar-refractivity contribution is -0.139. The Hall–Kier alpha value is -2.10. The van der Waals surface area contributed by atoms with Crippen LogP contribution >= 0.6 is 43.6 Å². The third kappa shape index (κ3) is 4.25. The molecule has 3 unspecified atom stereocenters. The Morgan fingerprint density at radius 3 is 2.16 bits per heavy atom. The summed E-state index contributed by atoms with van der Waals surface area (Å²) in [6, 6.07) is 14.2. The molecule has 0 amide bonds. The summed E-state index contributed by atoms with van der Waals surface area (Å²) in [5, 5.41) is 9.85. The molecule has 0 aromatic heterocycles. The van der Waals surface area contributed by atoms with Gasteiger partial charge in [0, 0.05) is 8.95 Å². The fourth-order valence-electron chi connectivity index (χ4n) is 4.02. The van der Waals surface area contributed by atoms with Gasteiger partial charge < -0.3 is 14.7 Å². The van der Waals surface area contributed by atoms with Gasteiger partial charge in [-0.3, -0.25) is 4.79 Å². The molecule has 2 aromatic carbocycles. The number of benzene rings is 2. The van der Waals surface area contributed by atoms with E-state index in [2.05, 4.69) is 36.9 Å². The average molecular weight is 580 g/mol. The van der Waals surface area contributed by atoms with Crippen LogP contribution in [0.3, 0.4) is 0 Å². The number of hydrogen-bond acceptors (Lipinski definition) is 6. The first-order valence-corrected chi connectivity index (χ1v) is 12.4. The van der Waals surface area contributed by atoms with Crippen LogP contribution in [0.2, 0.25) is 0 Å². The second-order valence-electron chi connectivity index (χ2n) is 7.35. The van der Waals surface area contributed by atoms with E-state index >= 15 is 0 Å². The van der Waals surface area contributed by atoms with E-state index in [-0.39, 0.29) is 6.61 Å². The van der Waals surface area contributed by atoms with E-state index in [1.165, 1.54) is 11.8 Å². The topological polar surface area (TPSA) is 79.2 Å². The van der Waals surface area contributed by atoms with Gasteiger partial charge in [0.25, 0.3) is 0 Å². The van der Waals surface area contributed by atoms with Crippen LogP contribution in [0.25, 0.3) is 0 Å². The number of halogens is 2. The maximum absolute atomic E-state index is 13.0. The first kappa shape index (κ1) is 23.1. The van der Waals surface area contributed by atoms with Gasteiger partial charge in [0.1, 0.15) is 5.25 Å². The summed E-state index contributed by atoms with van der Waals surface area (Å²) in [5.74, 6) is -1.37. The number of allylic oxidation sites excluding steroid dienone is 1. The summed E-state index contributed by atoms with van der Waals surface area (Å²) in [6.45, 7) is 3.77. The molecule has 4 rings (SSSR count). The molecule has 0 saturated carbocycles. The largest absolute Gasteiger partial charge is 0.480 e. The standard InChI is InChI=1S/C23H20Br2N2O4S/c1-3-31-22(30)17-12(2)26-23-27(18(17)13-4-8-15(24)9-5-13)19(20(32-23)21(28)29)14-6-10-16(25)11-7-14/h4-11,18-20H,3H2,1-2H3,(H,28,29). The van der Waals surface area contributed by atoms with Crippen LogP contribution < -0.4 is 0 Å². The van der Waals surface area contributed by atoms with Crippen molar-refractivity contribution < 1.29 is 19.4 Å². The molecule has 2 aliphatic rings. The summed E-state index contributed by atoms with van der Waals surface area (Å²) in [6.07, 6.45) is 0. The number of carboxylic acid groups (broad SMARTS) is 1. The number of thioether (sulfide) groups is 1. The van der Waals surface area contributed by atoms with Crippen LogP contribution in [0.5, 0.6) is 0 Å². The molecule has 2 aromatic rings. The van der Waals surface area contributed by atoms with Gasteiger partial charge in [0.2, 0.25) is 0 Å². The quantitative estimate of drug-likeness (QED) is 0.458. The zero-order valence-electron chi connectivity index (χ0n) is 17.3. The van der Waals surface area contributed by atoms with E-state index < -0.39 is 29.3 Å². The van der Waals surface area contributed by atoms with Crippen LogP contribution in [-0.4, -0.2) is 39.0 Å². The summed E-state index contributed by atoms with van der Waals surface area (Å²) in [4.78, 5) is 31.9. The molecule has 2 heterocycles. The Balaban J connectivity index is 1.91. The smallest absolute Gasteiger partial charge is 0.338 e. The van der Waals surface area contributed by atoms with E-state index in [1.54, 1.807) is 13.8 Å². The summed E-state index contributed by atoms with van der Waals surface area (Å²) < 4.78 is 7.19. The van der Waals surface area contributed by atoms with Gasteiger partial charge in [0.05, 0.1) is 30.0 Å². The van der Waals surface area contributed by atoms with Crippen molar-refractivity contribution in [1.82, 2.24) is 4.90 Å². The second kappa shape index (κ2) is 9.41. The fraction of sp³-hybridized carbons (Fsp3) is 0.261. The van der Waals surface area contributed by atoms with E-state index in [4.69, 9.17) is 4.74 Å². The van der Waals surface area contributed by atoms with E-state index in [0.29, 0.717) is 16.4 Å². The van der Waals surface area contributed by atoms with Crippen molar-refractivity contribution in [2.75, 3.05) is 6.61 Å². The minimum atomic E-state index is -0.926. The molecule has 1 saturated heterocycles. The number of hydrogen-bond donors (Lipinski definition) is 1. The lowest BCUT2D eigenvalue weighted by Gasteiger charge is -2.39. The number of aliphatic imine (C=N–C) groups is 1. The second-order valence-corrected chi connectivity index (χ2v) is 10.3. The minimum absolute atomic E-state index is 0.238. The number of ether oxygens (including phenoxy) is 1. The minimum Gasteiger partial charge on any atom is -0.480 e. The Bertz CT molecular complexity index is 1120. The predicted octanol–water partition coefficient (Wildman–Crippen LogP) is 5.70. The van der Waals surface area contributed by atoms with Gasteiger partial charge in [-0.2, -0.15) is 0 Å². The number of carbonyl (C=O) groups is 2. The van der Waals surface area contributed by atoms with Crippen LogP contribution in [0.15, 0.2) is 73.7 Å². The number of carbonyl (C=O) groups excluding carboxylic acids is 1. The van der Waals surface area contributed by atoms with Crippen LogP contribution in [0.4, 0.5) is 0 Å². The van der Waals surface area contributed by atoms with E-state index in [0.717, 1.165) is 20.1 Å². The highest BCUT2D eigenvalue weighted by Crippen LogP contribution is 2.51. The van der Waals surface area contributed by atoms with E-state index in [9.17, 15) is 14.7 Å². The van der Waals surface area contributed by atoms with Crippen LogP contribution in [0.1, 0.15) is 37.1 Å². The van der Waals surface area contributed by atoms with Crippen molar-refractivity contribution in [3.05, 3.63) is 79.9 Å². The average Bonchev–Trinajstić information content (AvgIpc) is 3.13. The Morgan fingerprint density at radius 1 is 1.06 bits per heavy atom. The van der Waals surface area contributed by atoms with Crippen LogP contribution in [0, 0.1) is 0 Å². The molecule has 166 valence electrons. The number of rotatable bonds is 5. The van der Waals surface area contributed by atoms with Gasteiger partial charge >= 0.3 is 11.9 Å². The lowest BCUT2D eigenvalue weighted by atomic mass is 9.91. The molecule has 1 fully saturated rings. The summed E-state index contributed by atoms with van der Waals surface area (Å²) in [7, 11) is 0. The highest BCUT2D eigenvalue weighted by Gasteiger charge is 2.51.